The molecule has 0 aliphatic heterocycles. The van der Waals surface area contributed by atoms with Crippen molar-refractivity contribution in [2.75, 3.05) is 0 Å². The Morgan fingerprint density at radius 3 is 2.26 bits per heavy atom. The molecule has 0 aliphatic rings. The van der Waals surface area contributed by atoms with Gasteiger partial charge in [-0.2, -0.15) is 0 Å². The number of nitrogens with two attached hydrogens (primary N) is 1. The molecule has 1 rings (SSSR count). The van der Waals surface area contributed by atoms with Gasteiger partial charge in [-0.15, -0.1) is 11.3 Å². The summed E-state index contributed by atoms with van der Waals surface area (Å²) >= 11 is 7.72. The minimum atomic E-state index is -3.76. The lowest BCUT2D eigenvalue weighted by molar-refractivity contribution is 0.604. The SMILES string of the molecule is C=C(/C(CCC)=C(Cl)\C=C/C)S(N)(=O)=O.CC.Cc1cccs1. The zero-order valence-electron chi connectivity index (χ0n) is 14.6. The average molecular weight is 378 g/mol. The van der Waals surface area contributed by atoms with Gasteiger partial charge in [0.15, 0.2) is 0 Å². The maximum atomic E-state index is 11.1. The summed E-state index contributed by atoms with van der Waals surface area (Å²) in [5.74, 6) is 0. The molecular formula is C17H28ClNO2S2. The third-order valence-electron chi connectivity index (χ3n) is 2.44. The van der Waals surface area contributed by atoms with Crippen LogP contribution in [-0.2, 0) is 10.0 Å². The van der Waals surface area contributed by atoms with Crippen molar-refractivity contribution in [1.29, 1.82) is 0 Å². The van der Waals surface area contributed by atoms with Crippen molar-refractivity contribution in [3.8, 4) is 0 Å². The number of hydrogen-bond donors (Lipinski definition) is 1. The Morgan fingerprint density at radius 2 is 2.00 bits per heavy atom. The summed E-state index contributed by atoms with van der Waals surface area (Å²) < 4.78 is 22.2. The van der Waals surface area contributed by atoms with Crippen LogP contribution < -0.4 is 5.14 Å². The molecule has 6 heteroatoms. The molecule has 0 amide bonds. The first-order valence-corrected chi connectivity index (χ1v) is 10.3. The maximum absolute atomic E-state index is 11.1. The normalized spacial score (nSPS) is 11.8. The summed E-state index contributed by atoms with van der Waals surface area (Å²) in [6, 6.07) is 4.16. The van der Waals surface area contributed by atoms with Gasteiger partial charge in [0.1, 0.15) is 0 Å². The number of sulfonamides is 1. The van der Waals surface area contributed by atoms with E-state index in [9.17, 15) is 8.42 Å². The predicted molar refractivity (Wildman–Crippen MR) is 105 cm³/mol. The van der Waals surface area contributed by atoms with Gasteiger partial charge in [0.25, 0.3) is 0 Å². The molecule has 0 fully saturated rings. The van der Waals surface area contributed by atoms with Gasteiger partial charge in [-0.3, -0.25) is 0 Å². The topological polar surface area (TPSA) is 60.2 Å². The predicted octanol–water partition coefficient (Wildman–Crippen LogP) is 5.74. The standard InChI is InChI=1S/C10H16ClNO2S.C5H6S.C2H6/c1-4-6-9(10(11)7-5-2)8(3)15(12,13)14;1-5-3-2-4-6-5;1-2/h5,7H,3-4,6H2,1-2H3,(H2,12,13,14);2-4H,1H3;1-2H3/b7-5-,10-9+;;. The number of rotatable bonds is 5. The van der Waals surface area contributed by atoms with Crippen LogP contribution >= 0.6 is 22.9 Å². The summed E-state index contributed by atoms with van der Waals surface area (Å²) in [5, 5.41) is 7.45. The Hall–Kier alpha value is -0.880. The molecule has 0 aromatic carbocycles. The summed E-state index contributed by atoms with van der Waals surface area (Å²) in [7, 11) is -3.76. The highest BCUT2D eigenvalue weighted by Gasteiger charge is 2.16. The lowest BCUT2D eigenvalue weighted by Crippen LogP contribution is -2.15. The van der Waals surface area contributed by atoms with E-state index in [2.05, 4.69) is 31.0 Å². The van der Waals surface area contributed by atoms with Crippen LogP contribution in [0.3, 0.4) is 0 Å². The van der Waals surface area contributed by atoms with Crippen molar-refractivity contribution in [1.82, 2.24) is 0 Å². The summed E-state index contributed by atoms with van der Waals surface area (Å²) in [4.78, 5) is 1.28. The van der Waals surface area contributed by atoms with E-state index >= 15 is 0 Å². The molecule has 0 bridgehead atoms. The van der Waals surface area contributed by atoms with Crippen LogP contribution in [0.1, 0.15) is 45.4 Å². The molecule has 1 aromatic rings. The second kappa shape index (κ2) is 13.5. The number of primary sulfonamides is 1. The van der Waals surface area contributed by atoms with E-state index in [-0.39, 0.29) is 4.91 Å². The van der Waals surface area contributed by atoms with Crippen LogP contribution in [0.2, 0.25) is 0 Å². The monoisotopic (exact) mass is 377 g/mol. The van der Waals surface area contributed by atoms with Crippen molar-refractivity contribution in [2.45, 2.75) is 47.5 Å². The van der Waals surface area contributed by atoms with Crippen LogP contribution in [0.15, 0.2) is 51.8 Å². The molecule has 1 heterocycles. The summed E-state index contributed by atoms with van der Waals surface area (Å²) in [6.45, 7) is 13.3. The Morgan fingerprint density at radius 1 is 1.43 bits per heavy atom. The van der Waals surface area contributed by atoms with E-state index in [1.54, 1.807) is 30.4 Å². The van der Waals surface area contributed by atoms with Crippen molar-refractivity contribution in [3.63, 3.8) is 0 Å². The van der Waals surface area contributed by atoms with Gasteiger partial charge in [-0.05, 0) is 43.4 Å². The quantitative estimate of drug-likeness (QED) is 0.665. The van der Waals surface area contributed by atoms with Crippen LogP contribution in [0.5, 0.6) is 0 Å². The fourth-order valence-electron chi connectivity index (χ4n) is 1.42. The van der Waals surface area contributed by atoms with E-state index in [0.717, 1.165) is 6.42 Å². The molecule has 0 aliphatic carbocycles. The van der Waals surface area contributed by atoms with E-state index in [4.69, 9.17) is 16.7 Å². The first-order chi connectivity index (χ1) is 10.7. The second-order valence-corrected chi connectivity index (χ2v) is 7.41. The van der Waals surface area contributed by atoms with Gasteiger partial charge >= 0.3 is 0 Å². The van der Waals surface area contributed by atoms with Crippen molar-refractivity contribution in [3.05, 3.63) is 56.6 Å². The van der Waals surface area contributed by atoms with Gasteiger partial charge in [0.05, 0.1) is 4.91 Å². The largest absolute Gasteiger partial charge is 0.237 e. The van der Waals surface area contributed by atoms with Crippen molar-refractivity contribution < 1.29 is 8.42 Å². The average Bonchev–Trinajstić information content (AvgIpc) is 2.97. The van der Waals surface area contributed by atoms with Gasteiger partial charge in [0, 0.05) is 9.91 Å². The lowest BCUT2D eigenvalue weighted by atomic mass is 10.1. The van der Waals surface area contributed by atoms with E-state index < -0.39 is 10.0 Å². The molecule has 132 valence electrons. The summed E-state index contributed by atoms with van der Waals surface area (Å²) in [6.07, 6.45) is 4.67. The Balaban J connectivity index is 0. The Kier molecular flexibility index (Phi) is 14.4. The molecule has 0 unspecified atom stereocenters. The zero-order valence-corrected chi connectivity index (χ0v) is 17.0. The van der Waals surface area contributed by atoms with Crippen molar-refractivity contribution >= 4 is 33.0 Å². The Bertz CT molecular complexity index is 601. The van der Waals surface area contributed by atoms with Crippen LogP contribution in [0.25, 0.3) is 0 Å². The second-order valence-electron chi connectivity index (χ2n) is 4.27. The van der Waals surface area contributed by atoms with Gasteiger partial charge in [-0.1, -0.05) is 57.5 Å². The first-order valence-electron chi connectivity index (χ1n) is 7.47. The van der Waals surface area contributed by atoms with Gasteiger partial charge < -0.3 is 0 Å². The van der Waals surface area contributed by atoms with Crippen molar-refractivity contribution in [2.24, 2.45) is 5.14 Å². The molecule has 2 N–H and O–H groups in total. The molecule has 23 heavy (non-hydrogen) atoms. The minimum Gasteiger partial charge on any atom is -0.225 e. The third kappa shape index (κ3) is 11.3. The third-order valence-corrected chi connectivity index (χ3v) is 4.53. The molecule has 0 saturated heterocycles. The zero-order chi connectivity index (χ0) is 18.5. The molecular weight excluding hydrogens is 350 g/mol. The van der Waals surface area contributed by atoms with Crippen LogP contribution in [-0.4, -0.2) is 8.42 Å². The first kappa shape index (κ1) is 24.4. The highest BCUT2D eigenvalue weighted by molar-refractivity contribution is 7.93. The smallest absolute Gasteiger partial charge is 0.225 e. The lowest BCUT2D eigenvalue weighted by Gasteiger charge is -2.09. The van der Waals surface area contributed by atoms with Crippen LogP contribution in [0.4, 0.5) is 0 Å². The summed E-state index contributed by atoms with van der Waals surface area (Å²) in [5.41, 5.74) is 0.486. The number of allylic oxidation sites excluding steroid dienone is 4. The minimum absolute atomic E-state index is 0.104. The number of hydrogen-bond acceptors (Lipinski definition) is 3. The van der Waals surface area contributed by atoms with E-state index in [1.807, 2.05) is 20.8 Å². The Labute approximate surface area is 150 Å². The highest BCUT2D eigenvalue weighted by Crippen LogP contribution is 2.25. The fourth-order valence-corrected chi connectivity index (χ4v) is 2.90. The number of aryl methyl sites for hydroxylation is 1. The molecule has 3 nitrogen and oxygen atoms in total. The van der Waals surface area contributed by atoms with E-state index in [1.165, 1.54) is 4.88 Å². The molecule has 1 aromatic heterocycles. The van der Waals surface area contributed by atoms with E-state index in [0.29, 0.717) is 17.0 Å². The van der Waals surface area contributed by atoms with Crippen LogP contribution in [0, 0.1) is 6.92 Å². The van der Waals surface area contributed by atoms with Gasteiger partial charge in [-0.25, -0.2) is 13.6 Å². The molecule has 0 radical (unpaired) electrons. The maximum Gasteiger partial charge on any atom is 0.237 e. The molecule has 0 spiro atoms. The molecule has 0 saturated carbocycles. The fraction of sp³-hybridized carbons (Fsp3) is 0.412. The highest BCUT2D eigenvalue weighted by atomic mass is 35.5. The number of halogens is 1. The molecule has 0 atom stereocenters. The van der Waals surface area contributed by atoms with Gasteiger partial charge in [0.2, 0.25) is 10.0 Å². The number of thiophene rings is 1.